The van der Waals surface area contributed by atoms with E-state index in [-0.39, 0.29) is 29.9 Å². The minimum atomic E-state index is -4.48. The molecule has 1 aliphatic carbocycles. The maximum absolute atomic E-state index is 13.8. The fraction of sp³-hybridized carbons (Fsp3) is 0.636. The van der Waals surface area contributed by atoms with Gasteiger partial charge in [0, 0.05) is 25.1 Å². The molecule has 2 aromatic rings. The first-order chi connectivity index (χ1) is 14.8. The van der Waals surface area contributed by atoms with Crippen molar-refractivity contribution in [3.05, 3.63) is 35.9 Å². The number of alkyl halides is 3. The van der Waals surface area contributed by atoms with Gasteiger partial charge < -0.3 is 14.6 Å². The predicted molar refractivity (Wildman–Crippen MR) is 108 cm³/mol. The number of anilines is 1. The third-order valence-electron chi connectivity index (χ3n) is 7.29. The van der Waals surface area contributed by atoms with E-state index >= 15 is 0 Å². The second-order valence-electron chi connectivity index (χ2n) is 9.15. The van der Waals surface area contributed by atoms with Crippen molar-refractivity contribution in [3.8, 4) is 0 Å². The van der Waals surface area contributed by atoms with Gasteiger partial charge in [-0.15, -0.1) is 0 Å². The van der Waals surface area contributed by atoms with Gasteiger partial charge in [-0.25, -0.2) is 4.68 Å². The summed E-state index contributed by atoms with van der Waals surface area (Å²) in [5.74, 6) is 1.40. The summed E-state index contributed by atoms with van der Waals surface area (Å²) in [5.41, 5.74) is 0.0794. The van der Waals surface area contributed by atoms with Gasteiger partial charge in [0.1, 0.15) is 11.6 Å². The van der Waals surface area contributed by atoms with E-state index in [1.807, 2.05) is 4.90 Å². The van der Waals surface area contributed by atoms with Crippen LogP contribution in [0.1, 0.15) is 73.8 Å². The van der Waals surface area contributed by atoms with Gasteiger partial charge in [-0.05, 0) is 43.2 Å². The molecule has 9 heteroatoms. The number of hydrogen-bond donors (Lipinski definition) is 1. The molecule has 31 heavy (non-hydrogen) atoms. The Bertz CT molecular complexity index is 939. The van der Waals surface area contributed by atoms with Crippen LogP contribution in [-0.4, -0.2) is 39.4 Å². The smallest absolute Gasteiger partial charge is 0.410 e. The zero-order chi connectivity index (χ0) is 21.8. The highest BCUT2D eigenvalue weighted by Gasteiger charge is 2.48. The van der Waals surface area contributed by atoms with E-state index in [1.54, 1.807) is 12.1 Å². The lowest BCUT2D eigenvalue weighted by atomic mass is 9.72. The highest BCUT2D eigenvalue weighted by Crippen LogP contribution is 2.44. The SMILES string of the molecule is C[C@H]1CCN(C(=O)c2cc3n(n2)[C@H](C(F)(F)F)C[C@H](c2ccco2)N3)[C@H]2CCCC[C@H]12. The minimum Gasteiger partial charge on any atom is -0.467 e. The Kier molecular flexibility index (Phi) is 5.01. The Morgan fingerprint density at radius 2 is 2.06 bits per heavy atom. The highest BCUT2D eigenvalue weighted by atomic mass is 19.4. The van der Waals surface area contributed by atoms with Crippen molar-refractivity contribution in [1.82, 2.24) is 14.7 Å². The first-order valence-corrected chi connectivity index (χ1v) is 11.1. The third kappa shape index (κ3) is 3.61. The summed E-state index contributed by atoms with van der Waals surface area (Å²) in [6.45, 7) is 2.88. The van der Waals surface area contributed by atoms with Crippen LogP contribution >= 0.6 is 0 Å². The Balaban J connectivity index is 1.45. The molecule has 0 unspecified atom stereocenters. The molecule has 3 aliphatic rings. The maximum Gasteiger partial charge on any atom is 0.410 e. The van der Waals surface area contributed by atoms with Crippen LogP contribution in [0.4, 0.5) is 19.0 Å². The highest BCUT2D eigenvalue weighted by molar-refractivity contribution is 5.93. The summed E-state index contributed by atoms with van der Waals surface area (Å²) >= 11 is 0. The van der Waals surface area contributed by atoms with Crippen molar-refractivity contribution in [1.29, 1.82) is 0 Å². The largest absolute Gasteiger partial charge is 0.467 e. The van der Waals surface area contributed by atoms with E-state index in [0.717, 1.165) is 30.4 Å². The zero-order valence-electron chi connectivity index (χ0n) is 17.4. The van der Waals surface area contributed by atoms with Crippen molar-refractivity contribution in [2.45, 2.75) is 69.8 Å². The molecular formula is C22H27F3N4O2. The van der Waals surface area contributed by atoms with Crippen molar-refractivity contribution < 1.29 is 22.4 Å². The number of carbonyl (C=O) groups excluding carboxylic acids is 1. The number of amides is 1. The van der Waals surface area contributed by atoms with Gasteiger partial charge in [-0.3, -0.25) is 4.79 Å². The molecule has 1 N–H and O–H groups in total. The Labute approximate surface area is 178 Å². The van der Waals surface area contributed by atoms with Crippen molar-refractivity contribution in [2.75, 3.05) is 11.9 Å². The van der Waals surface area contributed by atoms with E-state index in [2.05, 4.69) is 17.3 Å². The first kappa shape index (κ1) is 20.5. The van der Waals surface area contributed by atoms with Gasteiger partial charge >= 0.3 is 6.18 Å². The minimum absolute atomic E-state index is 0.0794. The average Bonchev–Trinajstić information content (AvgIpc) is 3.42. The summed E-state index contributed by atoms with van der Waals surface area (Å²) in [7, 11) is 0. The normalized spacial score (nSPS) is 31.0. The quantitative estimate of drug-likeness (QED) is 0.705. The summed E-state index contributed by atoms with van der Waals surface area (Å²) in [6, 6.07) is 2.48. The fourth-order valence-corrected chi connectivity index (χ4v) is 5.67. The number of piperidine rings is 1. The topological polar surface area (TPSA) is 63.3 Å². The van der Waals surface area contributed by atoms with Gasteiger partial charge in [0.15, 0.2) is 11.7 Å². The molecule has 4 heterocycles. The standard InChI is InChI=1S/C22H27F3N4O2/c1-13-8-9-28(17-6-3-2-5-14(13)17)21(30)16-12-20-26-15(18-7-4-10-31-18)11-19(22(23,24)25)29(20)27-16/h4,7,10,12-15,17,19,26H,2-3,5-6,8-9,11H2,1H3/t13-,14+,15+,17-,19-/m0/s1. The molecule has 0 spiro atoms. The van der Waals surface area contributed by atoms with E-state index in [0.29, 0.717) is 24.1 Å². The van der Waals surface area contributed by atoms with Crippen LogP contribution < -0.4 is 5.32 Å². The van der Waals surface area contributed by atoms with Crippen LogP contribution in [0.2, 0.25) is 0 Å². The zero-order valence-corrected chi connectivity index (χ0v) is 17.4. The van der Waals surface area contributed by atoms with Gasteiger partial charge in [0.2, 0.25) is 0 Å². The van der Waals surface area contributed by atoms with E-state index in [4.69, 9.17) is 4.42 Å². The lowest BCUT2D eigenvalue weighted by Gasteiger charge is -2.47. The van der Waals surface area contributed by atoms with Gasteiger partial charge in [-0.1, -0.05) is 19.8 Å². The summed E-state index contributed by atoms with van der Waals surface area (Å²) in [4.78, 5) is 15.2. The lowest BCUT2D eigenvalue weighted by molar-refractivity contribution is -0.174. The van der Waals surface area contributed by atoms with E-state index in [9.17, 15) is 18.0 Å². The molecule has 1 saturated heterocycles. The third-order valence-corrected chi connectivity index (χ3v) is 7.29. The molecule has 5 atom stereocenters. The Hall–Kier alpha value is -2.45. The number of fused-ring (bicyclic) bond motifs is 2. The fourth-order valence-electron chi connectivity index (χ4n) is 5.67. The molecule has 2 fully saturated rings. The molecule has 2 aliphatic heterocycles. The van der Waals surface area contributed by atoms with Crippen LogP contribution in [-0.2, 0) is 0 Å². The molecule has 168 valence electrons. The molecule has 6 nitrogen and oxygen atoms in total. The van der Waals surface area contributed by atoms with Gasteiger partial charge in [0.25, 0.3) is 5.91 Å². The maximum atomic E-state index is 13.8. The summed E-state index contributed by atoms with van der Waals surface area (Å²) in [6.07, 6.45) is 1.96. The number of hydrogen-bond acceptors (Lipinski definition) is 4. The van der Waals surface area contributed by atoms with Crippen LogP contribution in [0.5, 0.6) is 0 Å². The molecule has 5 rings (SSSR count). The number of nitrogens with one attached hydrogen (secondary N) is 1. The molecule has 0 radical (unpaired) electrons. The number of furan rings is 1. The number of aromatic nitrogens is 2. The molecule has 0 aromatic carbocycles. The second-order valence-corrected chi connectivity index (χ2v) is 9.15. The van der Waals surface area contributed by atoms with Crippen LogP contribution in [0.15, 0.2) is 28.9 Å². The van der Waals surface area contributed by atoms with Crippen molar-refractivity contribution >= 4 is 11.7 Å². The van der Waals surface area contributed by atoms with E-state index < -0.39 is 18.3 Å². The van der Waals surface area contributed by atoms with Crippen molar-refractivity contribution in [2.24, 2.45) is 11.8 Å². The molecule has 1 amide bonds. The average molecular weight is 436 g/mol. The Morgan fingerprint density at radius 3 is 2.81 bits per heavy atom. The number of carbonyl (C=O) groups is 1. The van der Waals surface area contributed by atoms with Crippen LogP contribution in [0.3, 0.4) is 0 Å². The lowest BCUT2D eigenvalue weighted by Crippen LogP contribution is -2.52. The van der Waals surface area contributed by atoms with Crippen LogP contribution in [0.25, 0.3) is 0 Å². The number of rotatable bonds is 2. The van der Waals surface area contributed by atoms with Crippen molar-refractivity contribution in [3.63, 3.8) is 0 Å². The summed E-state index contributed by atoms with van der Waals surface area (Å²) < 4.78 is 47.8. The van der Waals surface area contributed by atoms with Gasteiger partial charge in [0.05, 0.1) is 12.3 Å². The Morgan fingerprint density at radius 1 is 1.26 bits per heavy atom. The molecule has 2 aromatic heterocycles. The van der Waals surface area contributed by atoms with Gasteiger partial charge in [-0.2, -0.15) is 18.3 Å². The monoisotopic (exact) mass is 436 g/mol. The number of likely N-dealkylation sites (tertiary alicyclic amines) is 1. The second kappa shape index (κ2) is 7.60. The molecular weight excluding hydrogens is 409 g/mol. The van der Waals surface area contributed by atoms with Crippen LogP contribution in [0, 0.1) is 11.8 Å². The van der Waals surface area contributed by atoms with E-state index in [1.165, 1.54) is 18.8 Å². The molecule has 0 bridgehead atoms. The first-order valence-electron chi connectivity index (χ1n) is 11.1. The number of halogens is 3. The number of nitrogens with zero attached hydrogens (tertiary/aromatic N) is 3. The predicted octanol–water partition coefficient (Wildman–Crippen LogP) is 5.18. The summed E-state index contributed by atoms with van der Waals surface area (Å²) in [5, 5.41) is 7.24. The molecule has 1 saturated carbocycles.